The largest absolute Gasteiger partial charge is 0.490 e. The van der Waals surface area contributed by atoms with Crippen LogP contribution in [0.2, 0.25) is 0 Å². The van der Waals surface area contributed by atoms with E-state index in [0.717, 1.165) is 48.1 Å². The van der Waals surface area contributed by atoms with Crippen molar-refractivity contribution in [2.45, 2.75) is 64.2 Å². The molecule has 2 aliphatic carbocycles. The normalized spacial score (nSPS) is 22.5. The average Bonchev–Trinajstić information content (AvgIpc) is 2.87. The van der Waals surface area contributed by atoms with Crippen molar-refractivity contribution in [2.24, 2.45) is 11.1 Å². The number of amides is 1. The van der Waals surface area contributed by atoms with Gasteiger partial charge in [0.05, 0.1) is 29.2 Å². The van der Waals surface area contributed by atoms with Gasteiger partial charge in [-0.15, -0.1) is 0 Å². The molecule has 1 amide bonds. The first-order valence-electron chi connectivity index (χ1n) is 13.4. The average molecular weight is 529 g/mol. The fourth-order valence-electron chi connectivity index (χ4n) is 5.47. The number of carbonyl (C=O) groups excluding carboxylic acids is 1. The van der Waals surface area contributed by atoms with Crippen molar-refractivity contribution >= 4 is 11.5 Å². The van der Waals surface area contributed by atoms with E-state index in [4.69, 9.17) is 15.2 Å². The van der Waals surface area contributed by atoms with Gasteiger partial charge in [0.1, 0.15) is 18.1 Å². The highest BCUT2D eigenvalue weighted by molar-refractivity contribution is 6.18. The lowest BCUT2D eigenvalue weighted by Crippen LogP contribution is -2.58. The first kappa shape index (κ1) is 26.7. The molecular formula is C31H36N4O4. The van der Waals surface area contributed by atoms with Crippen LogP contribution in [0.5, 0.6) is 11.5 Å². The van der Waals surface area contributed by atoms with E-state index in [2.05, 4.69) is 40.4 Å². The van der Waals surface area contributed by atoms with E-state index >= 15 is 0 Å². The van der Waals surface area contributed by atoms with Crippen molar-refractivity contribution in [1.29, 1.82) is 0 Å². The second kappa shape index (κ2) is 10.7. The number of aromatic nitrogens is 2. The third-order valence-electron chi connectivity index (χ3n) is 7.53. The van der Waals surface area contributed by atoms with E-state index in [9.17, 15) is 9.90 Å². The van der Waals surface area contributed by atoms with Gasteiger partial charge in [-0.3, -0.25) is 14.8 Å². The Morgan fingerprint density at radius 2 is 1.87 bits per heavy atom. The van der Waals surface area contributed by atoms with E-state index in [-0.39, 0.29) is 30.1 Å². The topological polar surface area (TPSA) is 120 Å². The predicted octanol–water partition coefficient (Wildman–Crippen LogP) is 4.41. The Hall–Kier alpha value is -3.91. The molecule has 2 aliphatic rings. The molecule has 3 aromatic rings. The number of benzene rings is 1. The highest BCUT2D eigenvalue weighted by Crippen LogP contribution is 2.57. The van der Waals surface area contributed by atoms with E-state index in [1.807, 2.05) is 12.1 Å². The monoisotopic (exact) mass is 528 g/mol. The number of aryl methyl sites for hydroxylation is 1. The fourth-order valence-corrected chi connectivity index (χ4v) is 5.47. The second-order valence-corrected chi connectivity index (χ2v) is 11.5. The molecule has 0 radical (unpaired) electrons. The summed E-state index contributed by atoms with van der Waals surface area (Å²) in [6.07, 6.45) is 10.5. The summed E-state index contributed by atoms with van der Waals surface area (Å²) in [7, 11) is 0. The summed E-state index contributed by atoms with van der Waals surface area (Å²) in [6, 6.07) is 13.8. The zero-order valence-corrected chi connectivity index (χ0v) is 22.7. The second-order valence-electron chi connectivity index (χ2n) is 11.5. The van der Waals surface area contributed by atoms with Crippen molar-refractivity contribution < 1.29 is 19.4 Å². The molecule has 0 atom stereocenters. The summed E-state index contributed by atoms with van der Waals surface area (Å²) in [5.74, 6) is 1.21. The van der Waals surface area contributed by atoms with Crippen LogP contribution in [0, 0.1) is 12.3 Å². The predicted molar refractivity (Wildman–Crippen MR) is 150 cm³/mol. The molecule has 2 saturated carbocycles. The summed E-state index contributed by atoms with van der Waals surface area (Å²) in [6.45, 7) is 5.55. The summed E-state index contributed by atoms with van der Waals surface area (Å²) in [5.41, 5.74) is 9.24. The Morgan fingerprint density at radius 1 is 1.13 bits per heavy atom. The Bertz CT molecular complexity index is 1340. The standard InChI is InChI=1S/C31H36N4O4/c1-20-4-5-22(21-8-10-33-11-9-21)12-28(20)39-25-15-31(16-25)13-23(14-31)35-29(36)26(17-32)27-7-6-24(18-34-27)38-19-30(2,3)37/h4-12,17-18,23,25,37H,13-16,19,32H2,1-3H3,(H,35,36). The first-order valence-corrected chi connectivity index (χ1v) is 13.4. The number of aliphatic hydroxyl groups is 1. The number of hydrogen-bond acceptors (Lipinski definition) is 7. The van der Waals surface area contributed by atoms with E-state index in [1.54, 1.807) is 38.4 Å². The molecule has 8 heteroatoms. The number of nitrogens with one attached hydrogen (secondary N) is 1. The Kier molecular flexibility index (Phi) is 7.32. The van der Waals surface area contributed by atoms with Gasteiger partial charge in [-0.25, -0.2) is 0 Å². The van der Waals surface area contributed by atoms with Gasteiger partial charge in [-0.2, -0.15) is 0 Å². The molecule has 0 aliphatic heterocycles. The smallest absolute Gasteiger partial charge is 0.255 e. The lowest BCUT2D eigenvalue weighted by atomic mass is 9.53. The van der Waals surface area contributed by atoms with Crippen LogP contribution in [-0.2, 0) is 4.79 Å². The molecule has 1 aromatic carbocycles. The minimum atomic E-state index is -0.946. The zero-order chi connectivity index (χ0) is 27.6. The summed E-state index contributed by atoms with van der Waals surface area (Å²) < 4.78 is 11.9. The Morgan fingerprint density at radius 3 is 2.51 bits per heavy atom. The van der Waals surface area contributed by atoms with Gasteiger partial charge in [0.2, 0.25) is 0 Å². The van der Waals surface area contributed by atoms with Crippen LogP contribution in [0.1, 0.15) is 50.8 Å². The lowest BCUT2D eigenvalue weighted by molar-refractivity contribution is -0.122. The number of carbonyl (C=O) groups is 1. The van der Waals surface area contributed by atoms with E-state index in [0.29, 0.717) is 17.0 Å². The number of nitrogens with zero attached hydrogens (tertiary/aromatic N) is 2. The minimum Gasteiger partial charge on any atom is -0.490 e. The van der Waals surface area contributed by atoms with Crippen molar-refractivity contribution in [3.05, 3.63) is 78.5 Å². The van der Waals surface area contributed by atoms with E-state index < -0.39 is 5.60 Å². The molecule has 1 spiro atoms. The number of rotatable bonds is 9. The van der Waals surface area contributed by atoms with Gasteiger partial charge in [-0.1, -0.05) is 12.1 Å². The van der Waals surface area contributed by atoms with Gasteiger partial charge in [0.25, 0.3) is 5.91 Å². The highest BCUT2D eigenvalue weighted by atomic mass is 16.5. The Balaban J connectivity index is 1.10. The first-order chi connectivity index (χ1) is 18.6. The molecular weight excluding hydrogens is 492 g/mol. The molecule has 5 rings (SSSR count). The Labute approximate surface area is 229 Å². The summed E-state index contributed by atoms with van der Waals surface area (Å²) in [5, 5.41) is 12.9. The van der Waals surface area contributed by atoms with Crippen LogP contribution in [-0.4, -0.2) is 45.3 Å². The maximum atomic E-state index is 12.9. The maximum Gasteiger partial charge on any atom is 0.255 e. The van der Waals surface area contributed by atoms with Gasteiger partial charge >= 0.3 is 0 Å². The molecule has 0 unspecified atom stereocenters. The molecule has 2 heterocycles. The van der Waals surface area contributed by atoms with Crippen LogP contribution >= 0.6 is 0 Å². The summed E-state index contributed by atoms with van der Waals surface area (Å²) >= 11 is 0. The van der Waals surface area contributed by atoms with Crippen molar-refractivity contribution in [2.75, 3.05) is 6.61 Å². The van der Waals surface area contributed by atoms with E-state index in [1.165, 1.54) is 12.4 Å². The summed E-state index contributed by atoms with van der Waals surface area (Å²) in [4.78, 5) is 21.4. The molecule has 8 nitrogen and oxygen atoms in total. The van der Waals surface area contributed by atoms with Crippen LogP contribution < -0.4 is 20.5 Å². The molecule has 39 heavy (non-hydrogen) atoms. The lowest BCUT2D eigenvalue weighted by Gasteiger charge is -2.57. The number of hydrogen-bond donors (Lipinski definition) is 3. The number of pyridine rings is 2. The van der Waals surface area contributed by atoms with Crippen molar-refractivity contribution in [3.8, 4) is 22.6 Å². The quantitative estimate of drug-likeness (QED) is 0.352. The third kappa shape index (κ3) is 6.23. The number of nitrogens with two attached hydrogens (primary N) is 1. The van der Waals surface area contributed by atoms with Gasteiger partial charge in [-0.05, 0) is 98.9 Å². The maximum absolute atomic E-state index is 12.9. The minimum absolute atomic E-state index is 0.111. The molecule has 2 fully saturated rings. The van der Waals surface area contributed by atoms with Crippen molar-refractivity contribution in [1.82, 2.24) is 15.3 Å². The molecule has 0 bridgehead atoms. The van der Waals surface area contributed by atoms with Gasteiger partial charge < -0.3 is 25.6 Å². The number of ether oxygens (including phenoxy) is 2. The van der Waals surface area contributed by atoms with Gasteiger partial charge in [0.15, 0.2) is 0 Å². The van der Waals surface area contributed by atoms with Crippen LogP contribution in [0.15, 0.2) is 67.3 Å². The highest BCUT2D eigenvalue weighted by Gasteiger charge is 2.54. The molecule has 4 N–H and O–H groups in total. The molecule has 204 valence electrons. The van der Waals surface area contributed by atoms with Crippen LogP contribution in [0.4, 0.5) is 0 Å². The van der Waals surface area contributed by atoms with Gasteiger partial charge in [0, 0.05) is 24.6 Å². The van der Waals surface area contributed by atoms with Crippen molar-refractivity contribution in [3.63, 3.8) is 0 Å². The SMILES string of the molecule is Cc1ccc(-c2ccncc2)cc1OC1CC2(CC(NC(=O)C(=CN)c3ccc(OCC(C)(C)O)cn3)C2)C1. The van der Waals surface area contributed by atoms with Crippen LogP contribution in [0.3, 0.4) is 0 Å². The molecule has 2 aromatic heterocycles. The zero-order valence-electron chi connectivity index (χ0n) is 22.7. The molecule has 0 saturated heterocycles. The third-order valence-corrected chi connectivity index (χ3v) is 7.53. The van der Waals surface area contributed by atoms with Crippen LogP contribution in [0.25, 0.3) is 16.7 Å². The fraction of sp³-hybridized carbons (Fsp3) is 0.387.